The second kappa shape index (κ2) is 10.6. The van der Waals surface area contributed by atoms with E-state index >= 15 is 0 Å². The zero-order valence-electron chi connectivity index (χ0n) is 20.3. The monoisotopic (exact) mass is 498 g/mol. The van der Waals surface area contributed by atoms with Crippen molar-refractivity contribution in [2.75, 3.05) is 5.32 Å². The molecule has 0 atom stereocenters. The molecule has 0 radical (unpaired) electrons. The van der Waals surface area contributed by atoms with Gasteiger partial charge in [-0.3, -0.25) is 4.98 Å². The number of benzene rings is 4. The van der Waals surface area contributed by atoms with Crippen molar-refractivity contribution in [2.45, 2.75) is 13.1 Å². The van der Waals surface area contributed by atoms with Gasteiger partial charge in [-0.25, -0.2) is 4.98 Å². The van der Waals surface area contributed by atoms with Gasteiger partial charge in [-0.1, -0.05) is 91.0 Å². The number of rotatable bonds is 8. The lowest BCUT2D eigenvalue weighted by molar-refractivity contribution is 0.749. The molecule has 0 saturated heterocycles. The Hall–Kier alpha value is -4.48. The van der Waals surface area contributed by atoms with Crippen LogP contribution in [0.1, 0.15) is 11.3 Å². The van der Waals surface area contributed by atoms with Gasteiger partial charge in [-0.05, 0) is 39.9 Å². The summed E-state index contributed by atoms with van der Waals surface area (Å²) in [6.45, 7) is 1.47. The lowest BCUT2D eigenvalue weighted by Crippen LogP contribution is -2.08. The van der Waals surface area contributed by atoms with Crippen LogP contribution < -0.4 is 5.32 Å². The van der Waals surface area contributed by atoms with Gasteiger partial charge in [-0.15, -0.1) is 11.3 Å². The molecule has 0 fully saturated rings. The molecule has 6 rings (SSSR count). The minimum atomic E-state index is 0.691. The molecular weight excluding hydrogens is 472 g/mol. The van der Waals surface area contributed by atoms with Crippen LogP contribution in [0.15, 0.2) is 127 Å². The molecule has 1 N–H and O–H groups in total. The Kier molecular flexibility index (Phi) is 6.60. The zero-order chi connectivity index (χ0) is 24.9. The molecule has 0 saturated carbocycles. The number of imidazole rings is 1. The van der Waals surface area contributed by atoms with Crippen LogP contribution in [-0.4, -0.2) is 14.5 Å². The van der Waals surface area contributed by atoms with E-state index in [1.807, 2.05) is 36.4 Å². The van der Waals surface area contributed by atoms with E-state index in [1.165, 1.54) is 38.3 Å². The molecule has 2 heterocycles. The first-order valence-electron chi connectivity index (χ1n) is 12.3. The summed E-state index contributed by atoms with van der Waals surface area (Å²) in [4.78, 5) is 9.88. The third-order valence-corrected chi connectivity index (χ3v) is 7.29. The normalized spacial score (nSPS) is 10.9. The van der Waals surface area contributed by atoms with Crippen molar-refractivity contribution < 1.29 is 0 Å². The highest BCUT2D eigenvalue weighted by molar-refractivity contribution is 7.13. The van der Waals surface area contributed by atoms with Crippen molar-refractivity contribution in [1.29, 1.82) is 0 Å². The zero-order valence-corrected chi connectivity index (χ0v) is 21.1. The summed E-state index contributed by atoms with van der Waals surface area (Å²) in [5.74, 6) is 0. The van der Waals surface area contributed by atoms with Gasteiger partial charge >= 0.3 is 0 Å². The summed E-state index contributed by atoms with van der Waals surface area (Å²) in [5.41, 5.74) is 11.4. The minimum Gasteiger partial charge on any atom is -0.379 e. The number of thiazole rings is 1. The van der Waals surface area contributed by atoms with E-state index in [9.17, 15) is 0 Å². The molecule has 0 unspecified atom stereocenters. The predicted octanol–water partition coefficient (Wildman–Crippen LogP) is 8.00. The van der Waals surface area contributed by atoms with Gasteiger partial charge in [0.05, 0.1) is 29.0 Å². The summed E-state index contributed by atoms with van der Waals surface area (Å²) in [6.07, 6.45) is 5.78. The molecule has 0 aliphatic rings. The van der Waals surface area contributed by atoms with Crippen molar-refractivity contribution in [1.82, 2.24) is 14.5 Å². The van der Waals surface area contributed by atoms with Crippen LogP contribution in [0.5, 0.6) is 0 Å². The molecule has 0 bridgehead atoms. The highest BCUT2D eigenvalue weighted by Crippen LogP contribution is 2.36. The second-order valence-electron chi connectivity index (χ2n) is 8.92. The lowest BCUT2D eigenvalue weighted by atomic mass is 9.98. The molecule has 180 valence electrons. The maximum atomic E-state index is 4.43. The molecule has 0 amide bonds. The van der Waals surface area contributed by atoms with Crippen LogP contribution in [0.2, 0.25) is 0 Å². The Balaban J connectivity index is 1.19. The fourth-order valence-electron chi connectivity index (χ4n) is 4.53. The van der Waals surface area contributed by atoms with Crippen molar-refractivity contribution in [3.8, 4) is 32.7 Å². The average Bonchev–Trinajstić information content (AvgIpc) is 3.66. The van der Waals surface area contributed by atoms with Crippen LogP contribution in [0, 0.1) is 0 Å². The average molecular weight is 499 g/mol. The van der Waals surface area contributed by atoms with E-state index in [2.05, 4.69) is 111 Å². The van der Waals surface area contributed by atoms with Gasteiger partial charge in [0.25, 0.3) is 0 Å². The summed E-state index contributed by atoms with van der Waals surface area (Å²) in [6, 6.07) is 36.3. The molecule has 37 heavy (non-hydrogen) atoms. The third-order valence-electron chi connectivity index (χ3n) is 6.49. The van der Waals surface area contributed by atoms with Crippen LogP contribution in [-0.2, 0) is 13.1 Å². The van der Waals surface area contributed by atoms with E-state index in [4.69, 9.17) is 0 Å². The van der Waals surface area contributed by atoms with Crippen LogP contribution in [0.3, 0.4) is 0 Å². The van der Waals surface area contributed by atoms with Crippen LogP contribution >= 0.6 is 11.3 Å². The van der Waals surface area contributed by atoms with Gasteiger partial charge in [0.15, 0.2) is 0 Å². The molecular formula is C32H26N4S. The van der Waals surface area contributed by atoms with Gasteiger partial charge in [0, 0.05) is 30.2 Å². The Morgan fingerprint density at radius 2 is 1.41 bits per heavy atom. The fraction of sp³-hybridized carbons (Fsp3) is 0.0625. The predicted molar refractivity (Wildman–Crippen MR) is 154 cm³/mol. The molecule has 0 spiro atoms. The fourth-order valence-corrected chi connectivity index (χ4v) is 5.20. The molecule has 0 aliphatic carbocycles. The van der Waals surface area contributed by atoms with E-state index in [0.717, 1.165) is 17.9 Å². The van der Waals surface area contributed by atoms with Gasteiger partial charge < -0.3 is 9.88 Å². The summed E-state index contributed by atoms with van der Waals surface area (Å²) < 4.78 is 2.20. The van der Waals surface area contributed by atoms with Crippen molar-refractivity contribution in [2.24, 2.45) is 0 Å². The number of nitrogens with zero attached hydrogens (tertiary/aromatic N) is 3. The largest absolute Gasteiger partial charge is 0.379 e. The minimum absolute atomic E-state index is 0.691. The number of hydrogen-bond acceptors (Lipinski definition) is 4. The van der Waals surface area contributed by atoms with E-state index in [1.54, 1.807) is 11.3 Å². The van der Waals surface area contributed by atoms with Crippen molar-refractivity contribution >= 4 is 17.0 Å². The van der Waals surface area contributed by atoms with Gasteiger partial charge in [0.2, 0.25) is 0 Å². The first-order valence-corrected chi connectivity index (χ1v) is 13.2. The Morgan fingerprint density at radius 1 is 0.676 bits per heavy atom. The maximum absolute atomic E-state index is 4.43. The van der Waals surface area contributed by atoms with Gasteiger partial charge in [0.1, 0.15) is 0 Å². The van der Waals surface area contributed by atoms with Gasteiger partial charge in [-0.2, -0.15) is 0 Å². The molecule has 5 heteroatoms. The van der Waals surface area contributed by atoms with Crippen molar-refractivity contribution in [3.05, 3.63) is 139 Å². The SMILES string of the molecule is c1ccc(-c2ccc(Cn3cncc3CNc3ccc(-c4cncs4)c(-c4ccccc4)c3)cc2)cc1. The standard InChI is InChI=1S/C32H26N4S/c1-3-7-25(8-4-1)26-13-11-24(12-14-26)21-36-22-33-18-29(36)19-35-28-15-16-30(32-20-34-23-37-32)31(17-28)27-9-5-2-6-10-27/h1-18,20,22-23,35H,19,21H2. The molecule has 0 aliphatic heterocycles. The van der Waals surface area contributed by atoms with Crippen LogP contribution in [0.25, 0.3) is 32.7 Å². The molecule has 4 nitrogen and oxygen atoms in total. The Labute approximate surface area is 220 Å². The summed E-state index contributed by atoms with van der Waals surface area (Å²) in [5, 5.41) is 3.61. The summed E-state index contributed by atoms with van der Waals surface area (Å²) >= 11 is 1.66. The van der Waals surface area contributed by atoms with E-state index in [0.29, 0.717) is 6.54 Å². The molecule has 4 aromatic carbocycles. The highest BCUT2D eigenvalue weighted by atomic mass is 32.1. The topological polar surface area (TPSA) is 42.7 Å². The second-order valence-corrected chi connectivity index (χ2v) is 9.81. The lowest BCUT2D eigenvalue weighted by Gasteiger charge is -2.14. The number of aromatic nitrogens is 3. The smallest absolute Gasteiger partial charge is 0.0951 e. The van der Waals surface area contributed by atoms with E-state index in [-0.39, 0.29) is 0 Å². The Bertz CT molecular complexity index is 1570. The summed E-state index contributed by atoms with van der Waals surface area (Å²) in [7, 11) is 0. The van der Waals surface area contributed by atoms with Crippen LogP contribution in [0.4, 0.5) is 5.69 Å². The van der Waals surface area contributed by atoms with E-state index < -0.39 is 0 Å². The number of anilines is 1. The maximum Gasteiger partial charge on any atom is 0.0951 e. The first-order chi connectivity index (χ1) is 18.3. The molecule has 2 aromatic heterocycles. The first kappa shape index (κ1) is 23.0. The Morgan fingerprint density at radius 3 is 2.14 bits per heavy atom. The number of hydrogen-bond donors (Lipinski definition) is 1. The third kappa shape index (κ3) is 5.22. The number of nitrogens with one attached hydrogen (secondary N) is 1. The highest BCUT2D eigenvalue weighted by Gasteiger charge is 2.11. The van der Waals surface area contributed by atoms with Crippen molar-refractivity contribution in [3.63, 3.8) is 0 Å². The molecule has 6 aromatic rings. The quantitative estimate of drug-likeness (QED) is 0.231.